The summed E-state index contributed by atoms with van der Waals surface area (Å²) in [6, 6.07) is 0. The van der Waals surface area contributed by atoms with Gasteiger partial charge in [0.1, 0.15) is 0 Å². The molecule has 0 aromatic carbocycles. The molecule has 0 radical (unpaired) electrons. The molecule has 0 fully saturated rings. The minimum Gasteiger partial charge on any atom is -0.550 e. The van der Waals surface area contributed by atoms with Gasteiger partial charge in [-0.25, -0.2) is 0 Å². The van der Waals surface area contributed by atoms with Gasteiger partial charge in [-0.1, -0.05) is 123 Å². The molecule has 0 rings (SSSR count). The van der Waals surface area contributed by atoms with E-state index in [1.54, 1.807) is 0 Å². The molecule has 0 atom stereocenters. The molecule has 186 valence electrons. The molecular formula is C28H56LiNO2. The van der Waals surface area contributed by atoms with Crippen molar-refractivity contribution in [1.29, 1.82) is 0 Å². The van der Waals surface area contributed by atoms with Gasteiger partial charge < -0.3 is 14.8 Å². The third kappa shape index (κ3) is 28.1. The molecule has 4 heteroatoms. The molecule has 0 aliphatic heterocycles. The topological polar surface area (TPSA) is 43.4 Å². The molecule has 0 bridgehead atoms. The van der Waals surface area contributed by atoms with Gasteiger partial charge in [0.25, 0.3) is 0 Å². The Labute approximate surface area is 214 Å². The Kier molecular flexibility index (Phi) is 31.1. The van der Waals surface area contributed by atoms with E-state index in [0.29, 0.717) is 0 Å². The van der Waals surface area contributed by atoms with Gasteiger partial charge in [0.2, 0.25) is 0 Å². The zero-order valence-corrected chi connectivity index (χ0v) is 22.4. The second kappa shape index (κ2) is 29.1. The second-order valence-electron chi connectivity index (χ2n) is 9.68. The number of hydrogen-bond donors (Lipinski definition) is 0. The minimum absolute atomic E-state index is 0. The Morgan fingerprint density at radius 3 is 1.09 bits per heavy atom. The molecule has 0 heterocycles. The van der Waals surface area contributed by atoms with E-state index in [1.807, 2.05) is 0 Å². The molecule has 0 N–H and O–H groups in total. The number of unbranched alkanes of at least 4 members (excludes halogenated alkanes) is 18. The summed E-state index contributed by atoms with van der Waals surface area (Å²) < 4.78 is 0. The standard InChI is InChI=1S/C28H57NO2.Li/c1-3-5-7-9-11-13-15-17-21-25-29(27-23-19-20-24-28(30)31)26-22-18-16-14-12-10-8-6-4-2;/h3-27H2,1-2H3,(H,30,31);/q;+1/p-1. The summed E-state index contributed by atoms with van der Waals surface area (Å²) in [5, 5.41) is 10.6. The first-order chi connectivity index (χ1) is 15.2. The Bertz CT molecular complexity index is 343. The SMILES string of the molecule is CCCCCCCCCCCN(CCCCCCCCCCC)CCCCCC(=O)[O-].[Li+]. The third-order valence-electron chi connectivity index (χ3n) is 6.51. The quantitative estimate of drug-likeness (QED) is 0.144. The van der Waals surface area contributed by atoms with Crippen molar-refractivity contribution in [2.75, 3.05) is 19.6 Å². The van der Waals surface area contributed by atoms with Gasteiger partial charge in [0.05, 0.1) is 0 Å². The van der Waals surface area contributed by atoms with Crippen molar-refractivity contribution in [2.45, 2.75) is 155 Å². The third-order valence-corrected chi connectivity index (χ3v) is 6.51. The van der Waals surface area contributed by atoms with Crippen LogP contribution in [0, 0.1) is 0 Å². The van der Waals surface area contributed by atoms with E-state index < -0.39 is 5.97 Å². The second-order valence-corrected chi connectivity index (χ2v) is 9.68. The number of hydrogen-bond acceptors (Lipinski definition) is 3. The van der Waals surface area contributed by atoms with Crippen LogP contribution in [0.1, 0.15) is 155 Å². The van der Waals surface area contributed by atoms with Crippen molar-refractivity contribution in [3.63, 3.8) is 0 Å². The fraction of sp³-hybridized carbons (Fsp3) is 0.964. The van der Waals surface area contributed by atoms with Crippen LogP contribution in [0.5, 0.6) is 0 Å². The van der Waals surface area contributed by atoms with Crippen molar-refractivity contribution >= 4 is 5.97 Å². The van der Waals surface area contributed by atoms with E-state index in [0.717, 1.165) is 25.8 Å². The molecule has 0 aliphatic rings. The zero-order valence-electron chi connectivity index (χ0n) is 22.4. The molecule has 0 saturated carbocycles. The molecule has 0 aromatic rings. The average molecular weight is 446 g/mol. The van der Waals surface area contributed by atoms with Gasteiger partial charge in [0.15, 0.2) is 0 Å². The molecule has 0 aliphatic carbocycles. The number of carbonyl (C=O) groups is 1. The monoisotopic (exact) mass is 445 g/mol. The zero-order chi connectivity index (χ0) is 22.8. The van der Waals surface area contributed by atoms with Crippen molar-refractivity contribution in [3.8, 4) is 0 Å². The number of carboxylic acids is 1. The van der Waals surface area contributed by atoms with Crippen LogP contribution in [-0.2, 0) is 4.79 Å². The van der Waals surface area contributed by atoms with Crippen molar-refractivity contribution in [3.05, 3.63) is 0 Å². The van der Waals surface area contributed by atoms with E-state index >= 15 is 0 Å². The van der Waals surface area contributed by atoms with Gasteiger partial charge >= 0.3 is 18.9 Å². The van der Waals surface area contributed by atoms with Crippen molar-refractivity contribution in [2.24, 2.45) is 0 Å². The van der Waals surface area contributed by atoms with E-state index in [1.165, 1.54) is 129 Å². The first-order valence-electron chi connectivity index (χ1n) is 14.1. The predicted molar refractivity (Wildman–Crippen MR) is 134 cm³/mol. The van der Waals surface area contributed by atoms with Gasteiger partial charge in [-0.05, 0) is 51.7 Å². The Morgan fingerprint density at radius 1 is 0.500 bits per heavy atom. The normalized spacial score (nSPS) is 11.1. The first-order valence-corrected chi connectivity index (χ1v) is 14.1. The summed E-state index contributed by atoms with van der Waals surface area (Å²) in [6.45, 7) is 8.16. The number of rotatable bonds is 26. The summed E-state index contributed by atoms with van der Waals surface area (Å²) in [4.78, 5) is 13.2. The average Bonchev–Trinajstić information content (AvgIpc) is 2.75. The van der Waals surface area contributed by atoms with Gasteiger partial charge in [0, 0.05) is 5.97 Å². The first kappa shape index (κ1) is 34.2. The molecule has 3 nitrogen and oxygen atoms in total. The fourth-order valence-electron chi connectivity index (χ4n) is 4.41. The summed E-state index contributed by atoms with van der Waals surface area (Å²) in [5.41, 5.74) is 0. The largest absolute Gasteiger partial charge is 1.00 e. The summed E-state index contributed by atoms with van der Waals surface area (Å²) in [7, 11) is 0. The fourth-order valence-corrected chi connectivity index (χ4v) is 4.41. The van der Waals surface area contributed by atoms with E-state index in [-0.39, 0.29) is 25.3 Å². The Hall–Kier alpha value is 0.0274. The van der Waals surface area contributed by atoms with Crippen LogP contribution in [0.4, 0.5) is 0 Å². The maximum atomic E-state index is 10.6. The summed E-state index contributed by atoms with van der Waals surface area (Å²) in [5.74, 6) is -0.902. The molecule has 0 spiro atoms. The molecular weight excluding hydrogens is 389 g/mol. The smallest absolute Gasteiger partial charge is 0.550 e. The van der Waals surface area contributed by atoms with Gasteiger partial charge in [-0.3, -0.25) is 0 Å². The Morgan fingerprint density at radius 2 is 0.781 bits per heavy atom. The van der Waals surface area contributed by atoms with E-state index in [2.05, 4.69) is 18.7 Å². The molecule has 0 saturated heterocycles. The van der Waals surface area contributed by atoms with Crippen LogP contribution in [0.15, 0.2) is 0 Å². The maximum absolute atomic E-state index is 10.6. The molecule has 0 aromatic heterocycles. The van der Waals surface area contributed by atoms with Gasteiger partial charge in [-0.2, -0.15) is 0 Å². The van der Waals surface area contributed by atoms with Crippen LogP contribution in [0.25, 0.3) is 0 Å². The van der Waals surface area contributed by atoms with Crippen LogP contribution in [0.2, 0.25) is 0 Å². The maximum Gasteiger partial charge on any atom is 1.00 e. The van der Waals surface area contributed by atoms with Crippen molar-refractivity contribution < 1.29 is 28.8 Å². The van der Waals surface area contributed by atoms with E-state index in [4.69, 9.17) is 0 Å². The van der Waals surface area contributed by atoms with Crippen LogP contribution in [-0.4, -0.2) is 30.5 Å². The molecule has 0 amide bonds. The van der Waals surface area contributed by atoms with Crippen LogP contribution in [0.3, 0.4) is 0 Å². The Balaban J connectivity index is 0. The van der Waals surface area contributed by atoms with E-state index in [9.17, 15) is 9.90 Å². The molecule has 0 unspecified atom stereocenters. The summed E-state index contributed by atoms with van der Waals surface area (Å²) in [6.07, 6.45) is 28.1. The number of aliphatic carboxylic acids is 1. The van der Waals surface area contributed by atoms with Crippen LogP contribution < -0.4 is 24.0 Å². The molecule has 32 heavy (non-hydrogen) atoms. The number of carbonyl (C=O) groups excluding carboxylic acids is 1. The number of carboxylic acid groups (broad SMARTS) is 1. The van der Waals surface area contributed by atoms with Crippen LogP contribution >= 0.6 is 0 Å². The van der Waals surface area contributed by atoms with Gasteiger partial charge in [-0.15, -0.1) is 0 Å². The predicted octanol–water partition coefficient (Wildman–Crippen LogP) is 4.66. The number of nitrogens with zero attached hydrogens (tertiary/aromatic N) is 1. The minimum atomic E-state index is -0.902. The van der Waals surface area contributed by atoms with Crippen molar-refractivity contribution in [1.82, 2.24) is 4.90 Å². The summed E-state index contributed by atoms with van der Waals surface area (Å²) >= 11 is 0.